The second-order valence-electron chi connectivity index (χ2n) is 6.06. The first-order valence-corrected chi connectivity index (χ1v) is 5.88. The van der Waals surface area contributed by atoms with Crippen LogP contribution in [0.25, 0.3) is 0 Å². The molecule has 0 heterocycles. The average Bonchev–Trinajstić information content (AvgIpc) is 2.48. The molecule has 0 spiro atoms. The van der Waals surface area contributed by atoms with Gasteiger partial charge in [0.2, 0.25) is 0 Å². The molecular weight excluding hydrogens is 172 g/mol. The van der Waals surface area contributed by atoms with Crippen LogP contribution >= 0.6 is 0 Å². The molecule has 0 bridgehead atoms. The standard InChI is InChI=1S/C13H24O/c1-9(2)10-7-6-8-11(10)12(14)13(3,4)5/h9-11H,6-8H2,1-5H3. The van der Waals surface area contributed by atoms with Crippen LogP contribution in [0.1, 0.15) is 53.9 Å². The molecule has 2 unspecified atom stereocenters. The van der Waals surface area contributed by atoms with Crippen molar-refractivity contribution in [1.82, 2.24) is 0 Å². The highest BCUT2D eigenvalue weighted by molar-refractivity contribution is 5.86. The minimum Gasteiger partial charge on any atom is -0.299 e. The molecule has 1 nitrogen and oxygen atoms in total. The van der Waals surface area contributed by atoms with E-state index in [0.29, 0.717) is 23.5 Å². The highest BCUT2D eigenvalue weighted by Crippen LogP contribution is 2.40. The Kier molecular flexibility index (Phi) is 3.39. The third-order valence-electron chi connectivity index (χ3n) is 3.50. The van der Waals surface area contributed by atoms with Crippen molar-refractivity contribution in [2.24, 2.45) is 23.2 Å². The first kappa shape index (κ1) is 11.7. The van der Waals surface area contributed by atoms with E-state index >= 15 is 0 Å². The number of carbonyl (C=O) groups excluding carboxylic acids is 1. The van der Waals surface area contributed by atoms with Gasteiger partial charge in [0, 0.05) is 11.3 Å². The van der Waals surface area contributed by atoms with E-state index in [1.54, 1.807) is 0 Å². The number of Topliss-reactive ketones (excluding diaryl/α,β-unsaturated/α-hetero) is 1. The second-order valence-corrected chi connectivity index (χ2v) is 6.06. The third kappa shape index (κ3) is 2.37. The molecule has 0 radical (unpaired) electrons. The van der Waals surface area contributed by atoms with Gasteiger partial charge in [-0.05, 0) is 24.7 Å². The molecule has 14 heavy (non-hydrogen) atoms. The van der Waals surface area contributed by atoms with Crippen LogP contribution in [0.15, 0.2) is 0 Å². The van der Waals surface area contributed by atoms with Gasteiger partial charge in [-0.25, -0.2) is 0 Å². The molecule has 0 amide bonds. The van der Waals surface area contributed by atoms with Crippen molar-refractivity contribution in [3.8, 4) is 0 Å². The Hall–Kier alpha value is -0.330. The van der Waals surface area contributed by atoms with Gasteiger partial charge < -0.3 is 0 Å². The van der Waals surface area contributed by atoms with E-state index in [0.717, 1.165) is 6.42 Å². The van der Waals surface area contributed by atoms with Gasteiger partial charge in [-0.3, -0.25) is 4.79 Å². The van der Waals surface area contributed by atoms with E-state index < -0.39 is 0 Å². The van der Waals surface area contributed by atoms with Crippen LogP contribution in [-0.2, 0) is 4.79 Å². The summed E-state index contributed by atoms with van der Waals surface area (Å²) in [5.41, 5.74) is -0.151. The summed E-state index contributed by atoms with van der Waals surface area (Å²) in [6, 6.07) is 0. The molecule has 0 N–H and O–H groups in total. The van der Waals surface area contributed by atoms with E-state index in [1.165, 1.54) is 12.8 Å². The number of hydrogen-bond acceptors (Lipinski definition) is 1. The van der Waals surface area contributed by atoms with Gasteiger partial charge in [-0.1, -0.05) is 41.0 Å². The molecule has 0 aromatic rings. The highest BCUT2D eigenvalue weighted by atomic mass is 16.1. The fourth-order valence-electron chi connectivity index (χ4n) is 2.67. The van der Waals surface area contributed by atoms with Crippen LogP contribution in [0.2, 0.25) is 0 Å². The summed E-state index contributed by atoms with van der Waals surface area (Å²) >= 11 is 0. The summed E-state index contributed by atoms with van der Waals surface area (Å²) in [6.45, 7) is 10.6. The molecule has 0 aromatic heterocycles. The maximum Gasteiger partial charge on any atom is 0.141 e. The Labute approximate surface area is 88.3 Å². The summed E-state index contributed by atoms with van der Waals surface area (Å²) in [7, 11) is 0. The van der Waals surface area contributed by atoms with Gasteiger partial charge in [0.15, 0.2) is 0 Å². The van der Waals surface area contributed by atoms with Crippen LogP contribution in [0.5, 0.6) is 0 Å². The molecule has 82 valence electrons. The zero-order chi connectivity index (χ0) is 10.9. The van der Waals surface area contributed by atoms with Crippen molar-refractivity contribution in [3.05, 3.63) is 0 Å². The van der Waals surface area contributed by atoms with Crippen molar-refractivity contribution in [1.29, 1.82) is 0 Å². The predicted molar refractivity (Wildman–Crippen MR) is 60.1 cm³/mol. The quantitative estimate of drug-likeness (QED) is 0.658. The molecular formula is C13H24O. The molecule has 1 heteroatoms. The Balaban J connectivity index is 2.72. The largest absolute Gasteiger partial charge is 0.299 e. The molecule has 0 aromatic carbocycles. The Morgan fingerprint density at radius 3 is 2.21 bits per heavy atom. The SMILES string of the molecule is CC(C)C1CCCC1C(=O)C(C)(C)C. The van der Waals surface area contributed by atoms with Gasteiger partial charge in [0.25, 0.3) is 0 Å². The Bertz CT molecular complexity index is 210. The molecule has 1 fully saturated rings. The van der Waals surface area contributed by atoms with E-state index in [4.69, 9.17) is 0 Å². The predicted octanol–water partition coefficient (Wildman–Crippen LogP) is 3.67. The molecule has 1 saturated carbocycles. The monoisotopic (exact) mass is 196 g/mol. The Morgan fingerprint density at radius 1 is 1.21 bits per heavy atom. The number of carbonyl (C=O) groups is 1. The molecule has 1 aliphatic rings. The third-order valence-corrected chi connectivity index (χ3v) is 3.50. The van der Waals surface area contributed by atoms with Gasteiger partial charge in [-0.15, -0.1) is 0 Å². The normalized spacial score (nSPS) is 28.4. The topological polar surface area (TPSA) is 17.1 Å². The van der Waals surface area contributed by atoms with Crippen molar-refractivity contribution in [3.63, 3.8) is 0 Å². The van der Waals surface area contributed by atoms with Crippen molar-refractivity contribution in [2.75, 3.05) is 0 Å². The maximum absolute atomic E-state index is 12.2. The molecule has 1 rings (SSSR count). The van der Waals surface area contributed by atoms with Gasteiger partial charge in [-0.2, -0.15) is 0 Å². The van der Waals surface area contributed by atoms with Crippen LogP contribution in [-0.4, -0.2) is 5.78 Å². The fraction of sp³-hybridized carbons (Fsp3) is 0.923. The summed E-state index contributed by atoms with van der Waals surface area (Å²) in [6.07, 6.45) is 3.62. The van der Waals surface area contributed by atoms with Gasteiger partial charge in [0.1, 0.15) is 5.78 Å². The molecule has 1 aliphatic carbocycles. The molecule has 0 aliphatic heterocycles. The van der Waals surface area contributed by atoms with E-state index in [9.17, 15) is 4.79 Å². The minimum atomic E-state index is -0.151. The number of rotatable bonds is 2. The van der Waals surface area contributed by atoms with Crippen molar-refractivity contribution >= 4 is 5.78 Å². The van der Waals surface area contributed by atoms with Gasteiger partial charge >= 0.3 is 0 Å². The summed E-state index contributed by atoms with van der Waals surface area (Å²) in [5.74, 6) is 2.12. The lowest BCUT2D eigenvalue weighted by Gasteiger charge is -2.28. The summed E-state index contributed by atoms with van der Waals surface area (Å²) in [4.78, 5) is 12.2. The lowest BCUT2D eigenvalue weighted by atomic mass is 9.75. The van der Waals surface area contributed by atoms with Crippen LogP contribution in [0, 0.1) is 23.2 Å². The lowest BCUT2D eigenvalue weighted by Crippen LogP contribution is -2.32. The number of ketones is 1. The van der Waals surface area contributed by atoms with Crippen molar-refractivity contribution in [2.45, 2.75) is 53.9 Å². The summed E-state index contributed by atoms with van der Waals surface area (Å²) < 4.78 is 0. The maximum atomic E-state index is 12.2. The number of hydrogen-bond donors (Lipinski definition) is 0. The highest BCUT2D eigenvalue weighted by Gasteiger charge is 2.38. The van der Waals surface area contributed by atoms with E-state index in [1.807, 2.05) is 20.8 Å². The zero-order valence-corrected chi connectivity index (χ0v) is 10.3. The fourth-order valence-corrected chi connectivity index (χ4v) is 2.67. The average molecular weight is 196 g/mol. The molecule has 2 atom stereocenters. The van der Waals surface area contributed by atoms with Crippen LogP contribution < -0.4 is 0 Å². The van der Waals surface area contributed by atoms with Crippen LogP contribution in [0.3, 0.4) is 0 Å². The molecule has 0 saturated heterocycles. The Morgan fingerprint density at radius 2 is 1.79 bits per heavy atom. The van der Waals surface area contributed by atoms with Gasteiger partial charge in [0.05, 0.1) is 0 Å². The van der Waals surface area contributed by atoms with E-state index in [2.05, 4.69) is 13.8 Å². The second kappa shape index (κ2) is 4.04. The van der Waals surface area contributed by atoms with Crippen molar-refractivity contribution < 1.29 is 4.79 Å². The summed E-state index contributed by atoms with van der Waals surface area (Å²) in [5, 5.41) is 0. The first-order chi connectivity index (χ1) is 6.34. The minimum absolute atomic E-state index is 0.151. The van der Waals surface area contributed by atoms with Crippen LogP contribution in [0.4, 0.5) is 0 Å². The lowest BCUT2D eigenvalue weighted by molar-refractivity contribution is -0.132. The van der Waals surface area contributed by atoms with E-state index in [-0.39, 0.29) is 5.41 Å². The smallest absolute Gasteiger partial charge is 0.141 e. The zero-order valence-electron chi connectivity index (χ0n) is 10.3. The first-order valence-electron chi connectivity index (χ1n) is 5.88.